The molecule has 23 heavy (non-hydrogen) atoms. The Bertz CT molecular complexity index is 842. The van der Waals surface area contributed by atoms with Crippen LogP contribution in [0.15, 0.2) is 41.6 Å². The zero-order chi connectivity index (χ0) is 16.9. The average Bonchev–Trinajstić information content (AvgIpc) is 2.55. The summed E-state index contributed by atoms with van der Waals surface area (Å²) in [6, 6.07) is 8.28. The van der Waals surface area contributed by atoms with Crippen LogP contribution in [-0.2, 0) is 16.6 Å². The molecular formula is C16H17N3O3S. The van der Waals surface area contributed by atoms with Crippen molar-refractivity contribution in [3.8, 4) is 11.8 Å². The van der Waals surface area contributed by atoms with Crippen LogP contribution in [0.2, 0.25) is 0 Å². The van der Waals surface area contributed by atoms with E-state index in [0.29, 0.717) is 23.5 Å². The van der Waals surface area contributed by atoms with Gasteiger partial charge in [0.2, 0.25) is 10.0 Å². The summed E-state index contributed by atoms with van der Waals surface area (Å²) in [5.74, 6) is 0.664. The van der Waals surface area contributed by atoms with Crippen molar-refractivity contribution in [1.29, 1.82) is 5.26 Å². The first-order valence-corrected chi connectivity index (χ1v) is 8.51. The van der Waals surface area contributed by atoms with Gasteiger partial charge in [0.25, 0.3) is 0 Å². The molecule has 0 saturated carbocycles. The normalized spacial score (nSPS) is 11.0. The van der Waals surface area contributed by atoms with Crippen molar-refractivity contribution in [3.05, 3.63) is 53.3 Å². The lowest BCUT2D eigenvalue weighted by Crippen LogP contribution is -2.23. The van der Waals surface area contributed by atoms with Crippen molar-refractivity contribution in [1.82, 2.24) is 9.71 Å². The molecule has 2 aromatic rings. The minimum absolute atomic E-state index is 0.0666. The Morgan fingerprint density at radius 1 is 1.30 bits per heavy atom. The Labute approximate surface area is 135 Å². The number of ether oxygens (including phenoxy) is 1. The number of benzene rings is 1. The summed E-state index contributed by atoms with van der Waals surface area (Å²) in [5, 5.41) is 8.83. The standard InChI is InChI=1S/C16H17N3O3S/c1-3-22-16-5-4-15(6-12(16)2)23(20,21)19-11-14-7-13(8-17)9-18-10-14/h4-7,9-10,19H,3,11H2,1-2H3. The Morgan fingerprint density at radius 3 is 2.74 bits per heavy atom. The molecule has 6 nitrogen and oxygen atoms in total. The van der Waals surface area contributed by atoms with Crippen LogP contribution in [0.1, 0.15) is 23.6 Å². The third-order valence-electron chi connectivity index (χ3n) is 3.15. The predicted molar refractivity (Wildman–Crippen MR) is 85.3 cm³/mol. The predicted octanol–water partition coefficient (Wildman–Crippen LogP) is 2.14. The van der Waals surface area contributed by atoms with Gasteiger partial charge in [0.15, 0.2) is 0 Å². The first-order chi connectivity index (χ1) is 11.0. The fraction of sp³-hybridized carbons (Fsp3) is 0.250. The van der Waals surface area contributed by atoms with E-state index >= 15 is 0 Å². The van der Waals surface area contributed by atoms with Gasteiger partial charge in [-0.1, -0.05) is 0 Å². The first-order valence-electron chi connectivity index (χ1n) is 7.03. The highest BCUT2D eigenvalue weighted by atomic mass is 32.2. The maximum atomic E-state index is 12.3. The van der Waals surface area contributed by atoms with E-state index in [2.05, 4.69) is 9.71 Å². The molecule has 2 rings (SSSR count). The lowest BCUT2D eigenvalue weighted by atomic mass is 10.2. The zero-order valence-electron chi connectivity index (χ0n) is 12.9. The van der Waals surface area contributed by atoms with E-state index in [0.717, 1.165) is 5.56 Å². The maximum Gasteiger partial charge on any atom is 0.240 e. The molecule has 0 bridgehead atoms. The number of nitriles is 1. The Hall–Kier alpha value is -2.43. The monoisotopic (exact) mass is 331 g/mol. The maximum absolute atomic E-state index is 12.3. The molecule has 0 unspecified atom stereocenters. The van der Waals surface area contributed by atoms with E-state index in [4.69, 9.17) is 10.00 Å². The van der Waals surface area contributed by atoms with Gasteiger partial charge in [0.1, 0.15) is 11.8 Å². The summed E-state index contributed by atoms with van der Waals surface area (Å²) in [6.45, 7) is 4.25. The van der Waals surface area contributed by atoms with Crippen molar-refractivity contribution < 1.29 is 13.2 Å². The summed E-state index contributed by atoms with van der Waals surface area (Å²) in [5.41, 5.74) is 1.76. The highest BCUT2D eigenvalue weighted by Gasteiger charge is 2.15. The lowest BCUT2D eigenvalue weighted by Gasteiger charge is -2.10. The minimum Gasteiger partial charge on any atom is -0.494 e. The number of rotatable bonds is 6. The van der Waals surface area contributed by atoms with Crippen molar-refractivity contribution >= 4 is 10.0 Å². The molecule has 1 aromatic carbocycles. The van der Waals surface area contributed by atoms with Crippen molar-refractivity contribution in [3.63, 3.8) is 0 Å². The van der Waals surface area contributed by atoms with Crippen LogP contribution in [0.3, 0.4) is 0 Å². The molecule has 0 aliphatic rings. The van der Waals surface area contributed by atoms with E-state index < -0.39 is 10.0 Å². The summed E-state index contributed by atoms with van der Waals surface area (Å²) < 4.78 is 32.6. The van der Waals surface area contributed by atoms with E-state index in [1.807, 2.05) is 13.0 Å². The first kappa shape index (κ1) is 16.9. The van der Waals surface area contributed by atoms with E-state index in [9.17, 15) is 8.42 Å². The summed E-state index contributed by atoms with van der Waals surface area (Å²) >= 11 is 0. The van der Waals surface area contributed by atoms with Gasteiger partial charge in [-0.25, -0.2) is 13.1 Å². The van der Waals surface area contributed by atoms with E-state index in [1.165, 1.54) is 18.5 Å². The van der Waals surface area contributed by atoms with Gasteiger partial charge >= 0.3 is 0 Å². The highest BCUT2D eigenvalue weighted by Crippen LogP contribution is 2.21. The highest BCUT2D eigenvalue weighted by molar-refractivity contribution is 7.89. The van der Waals surface area contributed by atoms with Crippen molar-refractivity contribution in [2.24, 2.45) is 0 Å². The Balaban J connectivity index is 2.15. The van der Waals surface area contributed by atoms with E-state index in [1.54, 1.807) is 25.1 Å². The Morgan fingerprint density at radius 2 is 2.09 bits per heavy atom. The van der Waals surface area contributed by atoms with Crippen LogP contribution in [0, 0.1) is 18.3 Å². The third-order valence-corrected chi connectivity index (χ3v) is 4.55. The molecule has 1 heterocycles. The molecule has 0 amide bonds. The van der Waals surface area contributed by atoms with Gasteiger partial charge in [0.05, 0.1) is 17.1 Å². The molecular weight excluding hydrogens is 314 g/mol. The van der Waals surface area contributed by atoms with Crippen LogP contribution in [0.25, 0.3) is 0 Å². The molecule has 1 N–H and O–H groups in total. The fourth-order valence-corrected chi connectivity index (χ4v) is 3.12. The quantitative estimate of drug-likeness (QED) is 0.875. The molecule has 0 saturated heterocycles. The zero-order valence-corrected chi connectivity index (χ0v) is 13.7. The second-order valence-corrected chi connectivity index (χ2v) is 6.65. The summed E-state index contributed by atoms with van der Waals surface area (Å²) in [4.78, 5) is 4.07. The van der Waals surface area contributed by atoms with Crippen LogP contribution in [0.5, 0.6) is 5.75 Å². The molecule has 7 heteroatoms. The average molecular weight is 331 g/mol. The molecule has 120 valence electrons. The fourth-order valence-electron chi connectivity index (χ4n) is 2.01. The molecule has 1 aromatic heterocycles. The van der Waals surface area contributed by atoms with Gasteiger partial charge in [-0.05, 0) is 49.2 Å². The van der Waals surface area contributed by atoms with Crippen LogP contribution >= 0.6 is 0 Å². The third kappa shape index (κ3) is 4.28. The van der Waals surface area contributed by atoms with Gasteiger partial charge in [-0.15, -0.1) is 0 Å². The smallest absolute Gasteiger partial charge is 0.240 e. The topological polar surface area (TPSA) is 92.1 Å². The summed E-state index contributed by atoms with van der Waals surface area (Å²) in [6.07, 6.45) is 2.95. The lowest BCUT2D eigenvalue weighted by molar-refractivity contribution is 0.337. The van der Waals surface area contributed by atoms with Crippen LogP contribution < -0.4 is 9.46 Å². The molecule has 0 aliphatic carbocycles. The van der Waals surface area contributed by atoms with E-state index in [-0.39, 0.29) is 11.4 Å². The van der Waals surface area contributed by atoms with Crippen LogP contribution in [-0.4, -0.2) is 20.0 Å². The van der Waals surface area contributed by atoms with Gasteiger partial charge in [-0.2, -0.15) is 5.26 Å². The number of hydrogen-bond acceptors (Lipinski definition) is 5. The second-order valence-electron chi connectivity index (χ2n) is 4.88. The number of aromatic nitrogens is 1. The van der Waals surface area contributed by atoms with Crippen molar-refractivity contribution in [2.45, 2.75) is 25.3 Å². The second kappa shape index (κ2) is 7.22. The number of hydrogen-bond donors (Lipinski definition) is 1. The minimum atomic E-state index is -3.65. The molecule has 0 atom stereocenters. The summed E-state index contributed by atoms with van der Waals surface area (Å²) in [7, 11) is -3.65. The molecule has 0 fully saturated rings. The number of nitrogens with one attached hydrogen (secondary N) is 1. The van der Waals surface area contributed by atoms with Gasteiger partial charge < -0.3 is 4.74 Å². The largest absolute Gasteiger partial charge is 0.494 e. The SMILES string of the molecule is CCOc1ccc(S(=O)(=O)NCc2cncc(C#N)c2)cc1C. The van der Waals surface area contributed by atoms with Gasteiger partial charge in [-0.3, -0.25) is 4.98 Å². The Kier molecular flexibility index (Phi) is 5.32. The number of sulfonamides is 1. The number of pyridine rings is 1. The number of nitrogens with zero attached hydrogens (tertiary/aromatic N) is 2. The van der Waals surface area contributed by atoms with Gasteiger partial charge in [0, 0.05) is 18.9 Å². The molecule has 0 aliphatic heterocycles. The molecule has 0 spiro atoms. The molecule has 0 radical (unpaired) electrons. The number of aryl methyl sites for hydroxylation is 1. The van der Waals surface area contributed by atoms with Crippen LogP contribution in [0.4, 0.5) is 0 Å². The van der Waals surface area contributed by atoms with Crippen molar-refractivity contribution in [2.75, 3.05) is 6.61 Å².